The van der Waals surface area contributed by atoms with E-state index in [1.807, 2.05) is 41.5 Å². The predicted octanol–water partition coefficient (Wildman–Crippen LogP) is 20.3. The minimum absolute atomic E-state index is 0. The van der Waals surface area contributed by atoms with Gasteiger partial charge in [-0.05, 0) is 459 Å². The van der Waals surface area contributed by atoms with Crippen molar-refractivity contribution in [1.29, 1.82) is 0 Å². The number of aliphatic hydroxyl groups is 6. The molecule has 0 aromatic carbocycles. The first-order chi connectivity index (χ1) is 66.4. The summed E-state index contributed by atoms with van der Waals surface area (Å²) in [6.45, 7) is 51.4. The number of carboxylic acid groups (broad SMARTS) is 1. The van der Waals surface area contributed by atoms with Gasteiger partial charge in [0, 0.05) is 55.0 Å². The molecule has 2 aliphatic heterocycles. The summed E-state index contributed by atoms with van der Waals surface area (Å²) in [5, 5.41) is 69.9. The fourth-order valence-electron chi connectivity index (χ4n) is 36.0. The van der Waals surface area contributed by atoms with Crippen LogP contribution in [-0.4, -0.2) is 177 Å². The monoisotopic (exact) mass is 2110 g/mol. The fraction of sp³-hybridized carbons (Fsp3) is 0.878. The second-order valence-electron chi connectivity index (χ2n) is 52.9. The molecule has 18 nitrogen and oxygen atoms in total. The number of hydrogen-bond donors (Lipinski definition) is 7. The number of Topliss-reactive ketones (excluding diaryl/α,β-unsaturated/α-hetero) is 1. The van der Waals surface area contributed by atoms with E-state index in [0.717, 1.165) is 237 Å². The summed E-state index contributed by atoms with van der Waals surface area (Å²) in [6, 6.07) is 0. The SMILES string of the molecule is C1CCOC1.CCC(=O)CC[C@@H](C)[C@H]1CC[C@H]2[C@@H]3CC=C4C[C@@](C)(O)CC[C@]4(C)[C@H]3CC[C@]12C.CCC(CC[C@@H](C)[C@H]1CC[C@H]2[C@@H]3CC=C4C[C@@](C)(O)CC[C@]4(C)[C@H]3CC[C@]12C)OC(=O)CCC(=O)O.CCC(O)CC[C@@H](C)[C@H]1CC[C@H]2[C@@H]3CC=C4C[C@@](C)(O)CC[C@]4(C)[C@H]3CC[C@]12C.CO.CON(C)C(=O)CC[C@@H](C)[C@H]1CC[C@H]2[C@@H]3CC=C4C[C@@](C)(O)CC[C@]4(C)[C@H]3CC[C@]12C.O=C1CCC(=O)O1.[B].[Br-].[CH2-]C.[H-].[Mg+2].[Na+]. The molecule has 16 aliphatic carbocycles. The van der Waals surface area contributed by atoms with Crippen molar-refractivity contribution in [3.05, 3.63) is 53.5 Å². The molecular weight excluding hydrogens is 1900 g/mol. The molecule has 819 valence electrons. The standard InChI is InChI=1S/C31H50O5.C27H45NO3.C27H46O2.C27H44O2.C4H4O3.C4H8O.C2H5.CH4O.B.BrH.Mg.Na.H/c1-6-22(36-28(34)14-13-27(32)33)9-7-20(2)24-11-12-25-23-10-8-21-19-29(3,35)17-18-30(21,4)26(23)15-16-31(24,25)5;1-18(7-12-24(29)28(5)31-6)21-10-11-22-20-9-8-19-17-25(2,30)15-16-26(19,3)23(20)13-14-27(21,22)4;2*1-6-20(28)9-7-18(2)22-11-12-23-21-10-8-19-17-25(3,29)15-16-26(19,4)24(21)13-14-27(22,23)5;5-3-1-2-4(6)7-3;1-2-4-5-3-1;2*1-2;;;;;/h8,20,22-26,35H,6-7,9-19H2,1-5H3,(H,32,33);8,18,20-23,30H,7,9-17H2,1-6H3;8,18,20-24,28-29H,6-7,9-17H2,1-5H3;8,18,21-24,29H,6-7,9-17H2,1-5H3;1-2H2;1-4H2;1H2,2H3;2H,1H3;;1H;;;/q;;;;;;-1;;;;+2;+1;-1/p-1/t20-,22?,23+,24-,25+,26+,29+,30+,31-;18-,20+,21-,22+,23+,25+,26+,27-;18-,20?,21+,22-,23+,24+,25+,26+,27-;18-,21+,22-,23+,24+,25+,26+,27-;;;;;;;;;/m1111........./s1. The van der Waals surface area contributed by atoms with Gasteiger partial charge in [0.15, 0.2) is 0 Å². The van der Waals surface area contributed by atoms with Gasteiger partial charge in [-0.25, -0.2) is 5.06 Å². The molecule has 2 saturated heterocycles. The summed E-state index contributed by atoms with van der Waals surface area (Å²) in [4.78, 5) is 72.0. The number of aliphatic carboxylic acids is 1. The number of rotatable bonds is 24. The Morgan fingerprint density at radius 3 is 1.01 bits per heavy atom. The molecule has 22 heteroatoms. The number of carbonyl (C=O) groups is 6. The van der Waals surface area contributed by atoms with Crippen LogP contribution in [0.15, 0.2) is 46.6 Å². The second kappa shape index (κ2) is 54.4. The van der Waals surface area contributed by atoms with Crippen molar-refractivity contribution < 1.29 is 132 Å². The van der Waals surface area contributed by atoms with Crippen LogP contribution in [0.2, 0.25) is 0 Å². The number of allylic oxidation sites excluding steroid dienone is 4. The van der Waals surface area contributed by atoms with Gasteiger partial charge in [-0.1, -0.05) is 150 Å². The number of aliphatic hydroxyl groups excluding tert-OH is 2. The number of esters is 3. The van der Waals surface area contributed by atoms with Crippen molar-refractivity contribution in [3.8, 4) is 0 Å². The molecule has 2 unspecified atom stereocenters. The molecule has 14 fully saturated rings. The Kier molecular flexibility index (Phi) is 48.8. The largest absolute Gasteiger partial charge is 2.00 e. The van der Waals surface area contributed by atoms with Gasteiger partial charge in [-0.2, -0.15) is 6.92 Å². The molecule has 3 radical (unpaired) electrons. The number of ketones is 1. The average molecular weight is 2110 g/mol. The Bertz CT molecular complexity index is 4280. The predicted molar refractivity (Wildman–Crippen MR) is 577 cm³/mol. The van der Waals surface area contributed by atoms with E-state index in [0.29, 0.717) is 80.2 Å². The number of carbonyl (C=O) groups excluding carboxylic acids is 5. The summed E-state index contributed by atoms with van der Waals surface area (Å²) < 4.78 is 14.6. The summed E-state index contributed by atoms with van der Waals surface area (Å²) in [5.74, 6) is 13.8. The van der Waals surface area contributed by atoms with Crippen LogP contribution >= 0.6 is 0 Å². The van der Waals surface area contributed by atoms with Crippen LogP contribution < -0.4 is 46.5 Å². The summed E-state index contributed by atoms with van der Waals surface area (Å²) in [5.41, 5.74) is 7.22. The average Bonchev–Trinajstić information content (AvgIpc) is 1.49. The molecule has 12 saturated carbocycles. The topological polar surface area (TPSA) is 284 Å². The van der Waals surface area contributed by atoms with Crippen LogP contribution in [0.25, 0.3) is 0 Å². The summed E-state index contributed by atoms with van der Waals surface area (Å²) in [7, 11) is 4.26. The van der Waals surface area contributed by atoms with Gasteiger partial charge in [-0.15, -0.1) is 0 Å². The van der Waals surface area contributed by atoms with E-state index in [4.69, 9.17) is 24.5 Å². The molecule has 0 aromatic rings. The quantitative estimate of drug-likeness (QED) is 0.0118. The molecular formula is C123H207BBrMgNNaO17. The van der Waals surface area contributed by atoms with E-state index in [9.17, 15) is 54.3 Å². The zero-order valence-electron chi connectivity index (χ0n) is 97.1. The third-order valence-electron chi connectivity index (χ3n) is 44.5. The smallest absolute Gasteiger partial charge is 1.00 e. The third-order valence-corrected chi connectivity index (χ3v) is 44.5. The number of hydrogen-bond acceptors (Lipinski definition) is 16. The van der Waals surface area contributed by atoms with Gasteiger partial charge >= 0.3 is 76.5 Å². The molecule has 18 rings (SSSR count). The molecule has 2 heterocycles. The molecule has 0 aromatic heterocycles. The molecule has 18 aliphatic rings. The minimum Gasteiger partial charge on any atom is -1.00 e. The van der Waals surface area contributed by atoms with Crippen LogP contribution in [-0.2, 0) is 47.8 Å². The molecule has 0 bridgehead atoms. The van der Waals surface area contributed by atoms with Crippen LogP contribution in [0.4, 0.5) is 0 Å². The Morgan fingerprint density at radius 1 is 0.441 bits per heavy atom. The first kappa shape index (κ1) is 130. The number of cyclic esters (lactones) is 2. The Labute approximate surface area is 933 Å². The first-order valence-corrected chi connectivity index (χ1v) is 58.0. The van der Waals surface area contributed by atoms with Crippen molar-refractivity contribution in [2.75, 3.05) is 34.5 Å². The van der Waals surface area contributed by atoms with Crippen LogP contribution in [0, 0.1) is 169 Å². The van der Waals surface area contributed by atoms with Crippen molar-refractivity contribution >= 4 is 67.0 Å². The number of nitrogens with zero attached hydrogens (tertiary/aromatic N) is 1. The van der Waals surface area contributed by atoms with Crippen LogP contribution in [0.1, 0.15) is 455 Å². The third kappa shape index (κ3) is 29.2. The van der Waals surface area contributed by atoms with Crippen molar-refractivity contribution in [1.82, 2.24) is 5.06 Å². The van der Waals surface area contributed by atoms with Gasteiger partial charge < -0.3 is 75.3 Å². The van der Waals surface area contributed by atoms with Crippen LogP contribution in [0.5, 0.6) is 0 Å². The van der Waals surface area contributed by atoms with E-state index in [1.165, 1.54) is 165 Å². The molecule has 145 heavy (non-hydrogen) atoms. The van der Waals surface area contributed by atoms with Crippen molar-refractivity contribution in [3.63, 3.8) is 0 Å². The van der Waals surface area contributed by atoms with E-state index in [-0.39, 0.29) is 135 Å². The normalized spacial score (nSPS) is 41.1. The zero-order valence-corrected chi connectivity index (χ0v) is 101. The zero-order chi connectivity index (χ0) is 104. The number of amides is 1. The van der Waals surface area contributed by atoms with E-state index < -0.39 is 40.3 Å². The minimum atomic E-state index is -0.957. The maximum atomic E-state index is 12.2. The van der Waals surface area contributed by atoms with Gasteiger partial charge in [0.25, 0.3) is 0 Å². The van der Waals surface area contributed by atoms with Crippen LogP contribution in [0.3, 0.4) is 0 Å². The maximum absolute atomic E-state index is 12.2. The summed E-state index contributed by atoms with van der Waals surface area (Å²) in [6.07, 6.45) is 61.2. The van der Waals surface area contributed by atoms with Gasteiger partial charge in [0.05, 0.1) is 61.3 Å². The molecule has 7 N–H and O–H groups in total. The van der Waals surface area contributed by atoms with Crippen molar-refractivity contribution in [2.24, 2.45) is 162 Å². The van der Waals surface area contributed by atoms with Gasteiger partial charge in [0.1, 0.15) is 11.9 Å². The number of fused-ring (bicyclic) bond motifs is 20. The number of carboxylic acids is 1. The van der Waals surface area contributed by atoms with Gasteiger partial charge in [0.2, 0.25) is 5.91 Å². The van der Waals surface area contributed by atoms with E-state index >= 15 is 0 Å². The molecule has 0 spiro atoms. The van der Waals surface area contributed by atoms with E-state index in [1.54, 1.807) is 37.8 Å². The Hall–Kier alpha value is -1.83. The van der Waals surface area contributed by atoms with E-state index in [2.05, 4.69) is 126 Å². The summed E-state index contributed by atoms with van der Waals surface area (Å²) >= 11 is 0. The number of ether oxygens (including phenoxy) is 3. The maximum Gasteiger partial charge on any atom is 2.00 e. The van der Waals surface area contributed by atoms with Crippen molar-refractivity contribution in [2.45, 2.75) is 488 Å². The Balaban J connectivity index is 0.000000280. The first-order valence-electron chi connectivity index (χ1n) is 58.0. The number of hydroxylamine groups is 2. The Morgan fingerprint density at radius 2 is 0.745 bits per heavy atom. The fourth-order valence-corrected chi connectivity index (χ4v) is 36.0. The molecule has 1 amide bonds. The van der Waals surface area contributed by atoms with Gasteiger partial charge in [-0.3, -0.25) is 33.6 Å². The molecule has 34 atom stereocenters. The number of halogens is 1. The second-order valence-corrected chi connectivity index (χ2v) is 52.9.